The number of alkyl carbamates (subject to hydrolysis) is 1. The molecule has 2 aromatic carbocycles. The number of amides is 3. The van der Waals surface area contributed by atoms with Gasteiger partial charge in [-0.25, -0.2) is 26.4 Å². The lowest BCUT2D eigenvalue weighted by Gasteiger charge is -2.58. The molecule has 3 aliphatic carbocycles. The summed E-state index contributed by atoms with van der Waals surface area (Å²) in [6.07, 6.45) is -0.00113. The molecule has 4 fully saturated rings. The van der Waals surface area contributed by atoms with Crippen LogP contribution < -0.4 is 16.0 Å². The van der Waals surface area contributed by atoms with Crippen molar-refractivity contribution in [1.82, 2.24) is 10.6 Å². The minimum Gasteiger partial charge on any atom is -0.447 e. The fourth-order valence-electron chi connectivity index (χ4n) is 5.55. The summed E-state index contributed by atoms with van der Waals surface area (Å²) in [6, 6.07) is 3.77. The summed E-state index contributed by atoms with van der Waals surface area (Å²) in [7, 11) is -4.09. The van der Waals surface area contributed by atoms with E-state index in [4.69, 9.17) is 11.6 Å². The number of sulfone groups is 1. The zero-order chi connectivity index (χ0) is 29.0. The van der Waals surface area contributed by atoms with Crippen molar-refractivity contribution in [3.8, 4) is 0 Å². The lowest BCUT2D eigenvalue weighted by atomic mass is 9.53. The fourth-order valence-corrected chi connectivity index (χ4v) is 7.95. The van der Waals surface area contributed by atoms with Gasteiger partial charge in [0.05, 0.1) is 20.8 Å². The molecule has 10 nitrogen and oxygen atoms in total. The lowest BCUT2D eigenvalue weighted by molar-refractivity contribution is -0.174. The second kappa shape index (κ2) is 10.2. The molecule has 1 heterocycles. The Morgan fingerprint density at radius 3 is 2.35 bits per heavy atom. The number of hydrogen-bond donors (Lipinski definition) is 4. The first-order valence-corrected chi connectivity index (χ1v) is 14.1. The van der Waals surface area contributed by atoms with Crippen LogP contribution in [0.3, 0.4) is 0 Å². The van der Waals surface area contributed by atoms with Crippen LogP contribution in [0.4, 0.5) is 23.7 Å². The van der Waals surface area contributed by atoms with Crippen LogP contribution >= 0.6 is 11.6 Å². The van der Waals surface area contributed by atoms with Gasteiger partial charge in [0.1, 0.15) is 12.6 Å². The smallest absolute Gasteiger partial charge is 0.407 e. The number of aliphatic hydroxyl groups is 1. The Morgan fingerprint density at radius 2 is 1.75 bits per heavy atom. The second-order valence-electron chi connectivity index (χ2n) is 10.1. The number of rotatable bonds is 7. The maximum absolute atomic E-state index is 13.6. The summed E-state index contributed by atoms with van der Waals surface area (Å²) >= 11 is 6.20. The van der Waals surface area contributed by atoms with E-state index in [1.54, 1.807) is 0 Å². The Balaban J connectivity index is 1.27. The SMILES string of the molecule is O=C1N[C@H](C(=O)NCC2(O)C3CC2CC(S(=O)(=O)c2cc(C(=O)Nc4cc(F)c(F)c(F)c4)ccc2Cl)C3)CO1. The summed E-state index contributed by atoms with van der Waals surface area (Å²) in [5.74, 6) is -7.02. The van der Waals surface area contributed by atoms with Crippen LogP contribution in [0, 0.1) is 29.3 Å². The zero-order valence-electron chi connectivity index (χ0n) is 20.5. The molecule has 2 unspecified atom stereocenters. The second-order valence-corrected chi connectivity index (χ2v) is 12.7. The highest BCUT2D eigenvalue weighted by Crippen LogP contribution is 2.55. The van der Waals surface area contributed by atoms with E-state index in [1.165, 1.54) is 12.1 Å². The molecule has 214 valence electrons. The molecule has 2 bridgehead atoms. The molecule has 0 radical (unpaired) electrons. The number of carbonyl (C=O) groups is 3. The molecular formula is C25H23ClF3N3O7S. The quantitative estimate of drug-likeness (QED) is 0.356. The molecule has 3 atom stereocenters. The van der Waals surface area contributed by atoms with Crippen molar-refractivity contribution in [2.45, 2.75) is 41.1 Å². The number of ether oxygens (including phenoxy) is 1. The van der Waals surface area contributed by atoms with Gasteiger partial charge in [-0.15, -0.1) is 0 Å². The van der Waals surface area contributed by atoms with Crippen molar-refractivity contribution >= 4 is 45.0 Å². The summed E-state index contributed by atoms with van der Waals surface area (Å²) in [5, 5.41) is 17.2. The number of nitrogens with one attached hydrogen (secondary N) is 3. The summed E-state index contributed by atoms with van der Waals surface area (Å²) in [6.45, 7) is -0.257. The summed E-state index contributed by atoms with van der Waals surface area (Å²) < 4.78 is 72.0. The number of carbonyl (C=O) groups excluding carboxylic acids is 3. The van der Waals surface area contributed by atoms with Crippen LogP contribution in [0.5, 0.6) is 0 Å². The molecule has 4 N–H and O–H groups in total. The minimum absolute atomic E-state index is 0.0787. The molecule has 3 saturated carbocycles. The van der Waals surface area contributed by atoms with Crippen molar-refractivity contribution in [2.24, 2.45) is 11.8 Å². The number of hydrogen-bond acceptors (Lipinski definition) is 7. The Hall–Kier alpha value is -3.36. The summed E-state index contributed by atoms with van der Waals surface area (Å²) in [5.41, 5.74) is -1.87. The number of cyclic esters (lactones) is 1. The Kier molecular flexibility index (Phi) is 7.21. The number of fused-ring (bicyclic) bond motifs is 2. The van der Waals surface area contributed by atoms with Gasteiger partial charge in [-0.2, -0.15) is 0 Å². The van der Waals surface area contributed by atoms with Crippen LogP contribution in [0.25, 0.3) is 0 Å². The Morgan fingerprint density at radius 1 is 1.10 bits per heavy atom. The molecule has 2 aromatic rings. The molecule has 40 heavy (non-hydrogen) atoms. The van der Waals surface area contributed by atoms with Crippen LogP contribution in [-0.4, -0.2) is 61.5 Å². The van der Waals surface area contributed by atoms with Gasteiger partial charge in [-0.3, -0.25) is 9.59 Å². The minimum atomic E-state index is -4.09. The van der Waals surface area contributed by atoms with E-state index in [-0.39, 0.29) is 47.2 Å². The van der Waals surface area contributed by atoms with E-state index in [0.29, 0.717) is 18.6 Å². The lowest BCUT2D eigenvalue weighted by Crippen LogP contribution is -2.66. The zero-order valence-corrected chi connectivity index (χ0v) is 22.1. The first-order chi connectivity index (χ1) is 18.8. The van der Waals surface area contributed by atoms with Crippen molar-refractivity contribution < 1.29 is 45.8 Å². The molecule has 1 aliphatic heterocycles. The van der Waals surface area contributed by atoms with Crippen LogP contribution in [-0.2, 0) is 19.4 Å². The third-order valence-electron chi connectivity index (χ3n) is 7.79. The van der Waals surface area contributed by atoms with Crippen LogP contribution in [0.15, 0.2) is 35.2 Å². The maximum atomic E-state index is 13.6. The summed E-state index contributed by atoms with van der Waals surface area (Å²) in [4.78, 5) is 35.8. The number of halogens is 4. The molecule has 15 heteroatoms. The number of anilines is 1. The van der Waals surface area contributed by atoms with Crippen molar-refractivity contribution in [3.63, 3.8) is 0 Å². The largest absolute Gasteiger partial charge is 0.447 e. The van der Waals surface area contributed by atoms with Crippen molar-refractivity contribution in [3.05, 3.63) is 58.4 Å². The predicted octanol–water partition coefficient (Wildman–Crippen LogP) is 2.54. The average Bonchev–Trinajstić information content (AvgIpc) is 3.36. The Labute approximate surface area is 231 Å². The van der Waals surface area contributed by atoms with E-state index in [2.05, 4.69) is 20.7 Å². The molecule has 1 saturated heterocycles. The highest BCUT2D eigenvalue weighted by Gasteiger charge is 2.60. The fraction of sp³-hybridized carbons (Fsp3) is 0.400. The first kappa shape index (κ1) is 28.2. The van der Waals surface area contributed by atoms with Gasteiger partial charge in [-0.05, 0) is 49.3 Å². The van der Waals surface area contributed by atoms with E-state index < -0.39 is 73.9 Å². The molecule has 3 amide bonds. The molecular weight excluding hydrogens is 579 g/mol. The van der Waals surface area contributed by atoms with E-state index in [1.807, 2.05) is 0 Å². The van der Waals surface area contributed by atoms with Gasteiger partial charge in [0.25, 0.3) is 5.91 Å². The predicted molar refractivity (Wildman–Crippen MR) is 134 cm³/mol. The maximum Gasteiger partial charge on any atom is 0.407 e. The highest BCUT2D eigenvalue weighted by atomic mass is 35.5. The molecule has 4 aliphatic rings. The highest BCUT2D eigenvalue weighted by molar-refractivity contribution is 7.92. The van der Waals surface area contributed by atoms with Gasteiger partial charge >= 0.3 is 6.09 Å². The van der Waals surface area contributed by atoms with Crippen molar-refractivity contribution in [2.75, 3.05) is 18.5 Å². The van der Waals surface area contributed by atoms with E-state index >= 15 is 0 Å². The third kappa shape index (κ3) is 4.99. The Bertz CT molecular complexity index is 1490. The average molecular weight is 602 g/mol. The van der Waals surface area contributed by atoms with E-state index in [9.17, 15) is 41.1 Å². The van der Waals surface area contributed by atoms with Gasteiger partial charge in [0.2, 0.25) is 5.91 Å². The molecule has 0 aromatic heterocycles. The van der Waals surface area contributed by atoms with Crippen LogP contribution in [0.2, 0.25) is 5.02 Å². The molecule has 0 spiro atoms. The van der Waals surface area contributed by atoms with E-state index in [0.717, 1.165) is 6.07 Å². The van der Waals surface area contributed by atoms with Crippen LogP contribution in [0.1, 0.15) is 29.6 Å². The van der Waals surface area contributed by atoms with Gasteiger partial charge < -0.3 is 25.8 Å². The van der Waals surface area contributed by atoms with Gasteiger partial charge in [0, 0.05) is 29.9 Å². The van der Waals surface area contributed by atoms with Crippen molar-refractivity contribution in [1.29, 1.82) is 0 Å². The monoisotopic (exact) mass is 601 g/mol. The number of benzene rings is 2. The van der Waals surface area contributed by atoms with Gasteiger partial charge in [0.15, 0.2) is 27.3 Å². The first-order valence-electron chi connectivity index (χ1n) is 12.2. The third-order valence-corrected chi connectivity index (χ3v) is 10.4. The molecule has 6 rings (SSSR count). The standard InChI is InChI=1S/C25H23ClF3N3O7S/c26-16-2-1-11(22(33)31-14-7-17(27)21(29)18(28)8-14)3-20(16)40(37,38)15-5-12-4-13(6-15)25(12,36)10-30-23(34)19-9-39-24(35)32-19/h1-3,7-8,12-13,15,19,36H,4-6,9-10H2,(H,30,34)(H,31,33)(H,32,35)/t12?,13?,15?,19-,25?/m0/s1. The topological polar surface area (TPSA) is 151 Å². The normalized spacial score (nSPS) is 27.3. The van der Waals surface area contributed by atoms with Gasteiger partial charge in [-0.1, -0.05) is 11.6 Å².